The van der Waals surface area contributed by atoms with Crippen LogP contribution in [0.1, 0.15) is 6.92 Å². The van der Waals surface area contributed by atoms with Crippen LogP contribution in [0.3, 0.4) is 0 Å². The second-order valence-electron chi connectivity index (χ2n) is 3.23. The highest BCUT2D eigenvalue weighted by atomic mass is 16.4. The fourth-order valence-electron chi connectivity index (χ4n) is 1.40. The summed E-state index contributed by atoms with van der Waals surface area (Å²) in [5.74, 6) is -3.79. The Bertz CT molecular complexity index is 337. The molecule has 1 aliphatic carbocycles. The molecule has 0 radical (unpaired) electrons. The number of rotatable bonds is 2. The number of hydrogen-bond acceptors (Lipinski definition) is 3. The lowest BCUT2D eigenvalue weighted by Crippen LogP contribution is -2.43. The Morgan fingerprint density at radius 1 is 1.43 bits per heavy atom. The largest absolute Gasteiger partial charge is 0.481 e. The Kier molecular flexibility index (Phi) is 2.44. The molecule has 3 N–H and O–H groups in total. The summed E-state index contributed by atoms with van der Waals surface area (Å²) in [7, 11) is 0. The van der Waals surface area contributed by atoms with E-state index in [1.807, 2.05) is 0 Å². The van der Waals surface area contributed by atoms with Crippen LogP contribution in [0.5, 0.6) is 0 Å². The van der Waals surface area contributed by atoms with Gasteiger partial charge >= 0.3 is 11.9 Å². The first-order chi connectivity index (χ1) is 6.37. The van der Waals surface area contributed by atoms with Crippen molar-refractivity contribution in [2.24, 2.45) is 5.92 Å². The van der Waals surface area contributed by atoms with Crippen molar-refractivity contribution < 1.29 is 24.9 Å². The van der Waals surface area contributed by atoms with Crippen LogP contribution in [0, 0.1) is 5.92 Å². The third-order valence-electron chi connectivity index (χ3n) is 2.21. The minimum absolute atomic E-state index is 0.313. The molecule has 0 saturated carbocycles. The maximum atomic E-state index is 10.7. The van der Waals surface area contributed by atoms with Crippen LogP contribution in [0.25, 0.3) is 0 Å². The van der Waals surface area contributed by atoms with E-state index < -0.39 is 23.5 Å². The monoisotopic (exact) mass is 198 g/mol. The zero-order valence-electron chi connectivity index (χ0n) is 7.47. The number of aliphatic carboxylic acids is 2. The van der Waals surface area contributed by atoms with Crippen LogP contribution in [-0.2, 0) is 9.59 Å². The summed E-state index contributed by atoms with van der Waals surface area (Å²) in [5.41, 5.74) is -2.18. The fraction of sp³-hybridized carbons (Fsp3) is 0.333. The van der Waals surface area contributed by atoms with Crippen LogP contribution in [0.2, 0.25) is 0 Å². The fourth-order valence-corrected chi connectivity index (χ4v) is 1.40. The third kappa shape index (κ3) is 1.54. The highest BCUT2D eigenvalue weighted by Gasteiger charge is 2.43. The average Bonchev–Trinajstić information content (AvgIpc) is 2.01. The molecule has 14 heavy (non-hydrogen) atoms. The Labute approximate surface area is 80.0 Å². The molecule has 0 bridgehead atoms. The summed E-state index contributed by atoms with van der Waals surface area (Å²) in [5, 5.41) is 27.2. The van der Waals surface area contributed by atoms with Crippen molar-refractivity contribution in [1.82, 2.24) is 0 Å². The molecular formula is C9H10O5. The van der Waals surface area contributed by atoms with Gasteiger partial charge in [-0.1, -0.05) is 12.2 Å². The standard InChI is InChI=1S/C9H10O5/c1-9(14)5(7(10)11)3-2-4-6(9)8(12)13/h2-5,14H,1H3,(H,10,11)(H,12,13). The molecule has 0 aliphatic heterocycles. The summed E-state index contributed by atoms with van der Waals surface area (Å²) in [6, 6.07) is 0. The molecule has 0 aromatic carbocycles. The number of carboxylic acids is 2. The lowest BCUT2D eigenvalue weighted by Gasteiger charge is -2.30. The molecular weight excluding hydrogens is 188 g/mol. The van der Waals surface area contributed by atoms with Gasteiger partial charge in [0, 0.05) is 0 Å². The van der Waals surface area contributed by atoms with Crippen molar-refractivity contribution in [3.05, 3.63) is 23.8 Å². The maximum absolute atomic E-state index is 10.7. The van der Waals surface area contributed by atoms with E-state index in [1.54, 1.807) is 0 Å². The molecule has 1 rings (SSSR count). The van der Waals surface area contributed by atoms with Crippen molar-refractivity contribution in [2.75, 3.05) is 0 Å². The van der Waals surface area contributed by atoms with Crippen molar-refractivity contribution in [2.45, 2.75) is 12.5 Å². The maximum Gasteiger partial charge on any atom is 0.334 e. The van der Waals surface area contributed by atoms with Crippen molar-refractivity contribution >= 4 is 11.9 Å². The van der Waals surface area contributed by atoms with Gasteiger partial charge in [0.15, 0.2) is 0 Å². The van der Waals surface area contributed by atoms with Gasteiger partial charge in [0.2, 0.25) is 0 Å². The number of allylic oxidation sites excluding steroid dienone is 2. The normalized spacial score (nSPS) is 31.0. The summed E-state index contributed by atoms with van der Waals surface area (Å²) in [4.78, 5) is 21.4. The number of hydrogen-bond donors (Lipinski definition) is 3. The van der Waals surface area contributed by atoms with Crippen LogP contribution in [0.4, 0.5) is 0 Å². The van der Waals surface area contributed by atoms with Gasteiger partial charge in [0.05, 0.1) is 5.57 Å². The van der Waals surface area contributed by atoms with E-state index in [0.29, 0.717) is 0 Å². The molecule has 0 saturated heterocycles. The molecule has 0 spiro atoms. The zero-order valence-corrected chi connectivity index (χ0v) is 7.47. The molecule has 2 unspecified atom stereocenters. The van der Waals surface area contributed by atoms with E-state index >= 15 is 0 Å². The predicted octanol–water partition coefficient (Wildman–Crippen LogP) is 0.0190. The van der Waals surface area contributed by atoms with Crippen LogP contribution in [-0.4, -0.2) is 32.9 Å². The van der Waals surface area contributed by atoms with Gasteiger partial charge in [-0.15, -0.1) is 0 Å². The van der Waals surface area contributed by atoms with Gasteiger partial charge < -0.3 is 15.3 Å². The Hall–Kier alpha value is -1.62. The van der Waals surface area contributed by atoms with E-state index in [-0.39, 0.29) is 5.57 Å². The smallest absolute Gasteiger partial charge is 0.334 e. The second-order valence-corrected chi connectivity index (χ2v) is 3.23. The molecule has 76 valence electrons. The Morgan fingerprint density at radius 2 is 2.00 bits per heavy atom. The first kappa shape index (κ1) is 10.5. The lowest BCUT2D eigenvalue weighted by atomic mass is 9.79. The van der Waals surface area contributed by atoms with Crippen LogP contribution < -0.4 is 0 Å². The number of aliphatic hydroxyl groups is 1. The topological polar surface area (TPSA) is 94.8 Å². The van der Waals surface area contributed by atoms with Crippen molar-refractivity contribution in [3.63, 3.8) is 0 Å². The highest BCUT2D eigenvalue weighted by molar-refractivity contribution is 5.92. The molecule has 0 aromatic rings. The predicted molar refractivity (Wildman–Crippen MR) is 46.6 cm³/mol. The number of carbonyl (C=O) groups is 2. The van der Waals surface area contributed by atoms with E-state index in [0.717, 1.165) is 0 Å². The quantitative estimate of drug-likeness (QED) is 0.581. The van der Waals surface area contributed by atoms with E-state index in [2.05, 4.69) is 0 Å². The lowest BCUT2D eigenvalue weighted by molar-refractivity contribution is -0.147. The molecule has 0 amide bonds. The number of carboxylic acid groups (broad SMARTS) is 2. The van der Waals surface area contributed by atoms with Gasteiger partial charge in [0.1, 0.15) is 11.5 Å². The molecule has 0 fully saturated rings. The van der Waals surface area contributed by atoms with Crippen LogP contribution in [0.15, 0.2) is 23.8 Å². The SMILES string of the molecule is CC1(O)C(C(=O)O)=CC=CC1C(=O)O. The van der Waals surface area contributed by atoms with Gasteiger partial charge in [0.25, 0.3) is 0 Å². The van der Waals surface area contributed by atoms with Gasteiger partial charge in [-0.25, -0.2) is 4.79 Å². The van der Waals surface area contributed by atoms with E-state index in [4.69, 9.17) is 10.2 Å². The summed E-state index contributed by atoms with van der Waals surface area (Å²) in [6.45, 7) is 1.18. The van der Waals surface area contributed by atoms with E-state index in [1.165, 1.54) is 25.2 Å². The van der Waals surface area contributed by atoms with Crippen LogP contribution >= 0.6 is 0 Å². The molecule has 5 heteroatoms. The Morgan fingerprint density at radius 3 is 2.43 bits per heavy atom. The Balaban J connectivity index is 3.13. The average molecular weight is 198 g/mol. The van der Waals surface area contributed by atoms with Gasteiger partial charge in [-0.3, -0.25) is 4.79 Å². The first-order valence-electron chi connectivity index (χ1n) is 3.95. The summed E-state index contributed by atoms with van der Waals surface area (Å²) < 4.78 is 0. The van der Waals surface area contributed by atoms with E-state index in [9.17, 15) is 14.7 Å². The third-order valence-corrected chi connectivity index (χ3v) is 2.21. The van der Waals surface area contributed by atoms with Gasteiger partial charge in [-0.2, -0.15) is 0 Å². The zero-order chi connectivity index (χ0) is 10.9. The van der Waals surface area contributed by atoms with Gasteiger partial charge in [-0.05, 0) is 13.0 Å². The summed E-state index contributed by atoms with van der Waals surface area (Å²) in [6.07, 6.45) is 3.77. The minimum Gasteiger partial charge on any atom is -0.481 e. The first-order valence-corrected chi connectivity index (χ1v) is 3.95. The molecule has 1 aliphatic rings. The minimum atomic E-state index is -1.87. The molecule has 0 aromatic heterocycles. The van der Waals surface area contributed by atoms with Crippen molar-refractivity contribution in [3.8, 4) is 0 Å². The molecule has 2 atom stereocenters. The second kappa shape index (κ2) is 3.26. The molecule has 5 nitrogen and oxygen atoms in total. The molecule has 0 heterocycles. The van der Waals surface area contributed by atoms with Crippen molar-refractivity contribution in [1.29, 1.82) is 0 Å². The highest BCUT2D eigenvalue weighted by Crippen LogP contribution is 2.30. The summed E-state index contributed by atoms with van der Waals surface area (Å²) >= 11 is 0.